The van der Waals surface area contributed by atoms with E-state index in [-0.39, 0.29) is 22.6 Å². The topological polar surface area (TPSA) is 438 Å². The number of carboxylic acid groups (broad SMARTS) is 1. The molecule has 390 valence electrons. The number of aliphatic hydroxyl groups excluding tert-OH is 10. The van der Waals surface area contributed by atoms with E-state index >= 15 is 0 Å². The number of phenols is 3. The first-order valence-electron chi connectivity index (χ1n) is 21.5. The monoisotopic (exact) mass is 1020 g/mol. The van der Waals surface area contributed by atoms with Crippen LogP contribution in [-0.4, -0.2) is 201 Å². The number of aliphatic hydroxyl groups is 10. The normalized spacial score (nSPS) is 30.7. The third kappa shape index (κ3) is 11.8. The van der Waals surface area contributed by atoms with Gasteiger partial charge in [0.1, 0.15) is 104 Å². The molecule has 0 spiro atoms. The van der Waals surface area contributed by atoms with E-state index in [1.807, 2.05) is 0 Å². The number of carbonyl (C=O) groups is 3. The Morgan fingerprint density at radius 3 is 1.74 bits per heavy atom. The molecule has 27 heteroatoms. The lowest BCUT2D eigenvalue weighted by Gasteiger charge is -2.40. The number of aromatic hydroxyl groups is 3. The van der Waals surface area contributed by atoms with Crippen LogP contribution >= 0.6 is 0 Å². The van der Waals surface area contributed by atoms with Crippen molar-refractivity contribution < 1.29 is 128 Å². The molecular formula is C45H48O27. The molecule has 0 amide bonds. The lowest BCUT2D eigenvalue weighted by atomic mass is 9.99. The van der Waals surface area contributed by atoms with Gasteiger partial charge in [-0.05, 0) is 48.0 Å². The predicted octanol–water partition coefficient (Wildman–Crippen LogP) is -3.65. The molecule has 0 saturated carbocycles. The maximum Gasteiger partial charge on any atom is 0.330 e. The van der Waals surface area contributed by atoms with Gasteiger partial charge >= 0.3 is 17.9 Å². The fourth-order valence-electron chi connectivity index (χ4n) is 7.49. The van der Waals surface area contributed by atoms with Gasteiger partial charge in [-0.1, -0.05) is 6.07 Å². The molecule has 3 fully saturated rings. The maximum atomic E-state index is 13.8. The first-order chi connectivity index (χ1) is 34.1. The van der Waals surface area contributed by atoms with Crippen LogP contribution in [0.15, 0.2) is 69.9 Å². The summed E-state index contributed by atoms with van der Waals surface area (Å²) in [6, 6.07) is 10.0. The summed E-state index contributed by atoms with van der Waals surface area (Å²) in [7, 11) is 0. The molecule has 14 N–H and O–H groups in total. The summed E-state index contributed by atoms with van der Waals surface area (Å²) in [5.41, 5.74) is -1.01. The van der Waals surface area contributed by atoms with Gasteiger partial charge in [-0.2, -0.15) is 0 Å². The fraction of sp³-hybridized carbons (Fsp3) is 0.422. The first kappa shape index (κ1) is 53.1. The minimum Gasteiger partial charge on any atom is -0.504 e. The van der Waals surface area contributed by atoms with E-state index in [9.17, 15) is 85.6 Å². The molecule has 0 radical (unpaired) electrons. The zero-order chi connectivity index (χ0) is 52.3. The van der Waals surface area contributed by atoms with E-state index in [2.05, 4.69) is 0 Å². The van der Waals surface area contributed by atoms with E-state index < -0.39 is 176 Å². The standard InChI is InChI=1S/C45H48O27/c46-13-27-33(55)36(58)40(62)44(70-27)68-25-8-17(3-5-21(25)48)42-26(69-45-41(63)38(60)35(57)29(72-45)15-65-32(54)12-30(51)52)11-19-22(49)9-18(10-24(19)67-42)66-43-39(61)37(59)34(56)28(71-43)14-64-31(53)6-2-16-1-4-20(47)23(50)7-16/h1-11,27-29,33-41,43-48,50,55-63H,12-15H2,(H,51,52)/t27-,28-,29-,33-,34-,35-,36+,37+,38+,39-,40-,41-,43-,44-,45-/m1/s1. The number of aliphatic carboxylic acids is 1. The van der Waals surface area contributed by atoms with Gasteiger partial charge in [0.05, 0.1) is 12.2 Å². The Morgan fingerprint density at radius 1 is 0.583 bits per heavy atom. The van der Waals surface area contributed by atoms with Crippen LogP contribution in [-0.2, 0) is 38.1 Å². The van der Waals surface area contributed by atoms with E-state index in [0.717, 1.165) is 42.5 Å². The van der Waals surface area contributed by atoms with Crippen molar-refractivity contribution in [3.8, 4) is 57.1 Å². The molecule has 0 aromatic heterocycles. The highest BCUT2D eigenvalue weighted by Gasteiger charge is 2.48. The Labute approximate surface area is 403 Å². The highest BCUT2D eigenvalue weighted by molar-refractivity contribution is 5.90. The second-order valence-corrected chi connectivity index (χ2v) is 16.5. The zero-order valence-electron chi connectivity index (χ0n) is 36.9. The third-order valence-corrected chi connectivity index (χ3v) is 11.4. The van der Waals surface area contributed by atoms with Crippen LogP contribution in [0, 0.1) is 0 Å². The largest absolute Gasteiger partial charge is 0.504 e. The van der Waals surface area contributed by atoms with E-state index in [4.69, 9.17) is 47.4 Å². The van der Waals surface area contributed by atoms with Gasteiger partial charge in [-0.25, -0.2) is 4.79 Å². The average Bonchev–Trinajstić information content (AvgIpc) is 3.34. The number of phenolic OH excluding ortho intramolecular Hbond substituents is 3. The van der Waals surface area contributed by atoms with Crippen LogP contribution < -0.4 is 19.6 Å². The van der Waals surface area contributed by atoms with Crippen LogP contribution in [0.25, 0.3) is 28.7 Å². The lowest BCUT2D eigenvalue weighted by molar-refractivity contribution is -0.278. The van der Waals surface area contributed by atoms with Crippen molar-refractivity contribution >= 4 is 24.0 Å². The molecule has 0 unspecified atom stereocenters. The molecule has 1 aliphatic carbocycles. The third-order valence-electron chi connectivity index (χ3n) is 11.4. The molecule has 72 heavy (non-hydrogen) atoms. The van der Waals surface area contributed by atoms with Crippen LogP contribution in [0.1, 0.15) is 12.0 Å². The molecule has 2 aromatic carbocycles. The number of benzene rings is 3. The minimum absolute atomic E-state index is 0.121. The second kappa shape index (κ2) is 22.4. The van der Waals surface area contributed by atoms with Crippen molar-refractivity contribution in [2.75, 3.05) is 19.8 Å². The summed E-state index contributed by atoms with van der Waals surface area (Å²) in [5.74, 6) is -7.33. The van der Waals surface area contributed by atoms with Gasteiger partial charge in [-0.15, -0.1) is 0 Å². The van der Waals surface area contributed by atoms with Crippen molar-refractivity contribution in [1.29, 1.82) is 0 Å². The predicted molar refractivity (Wildman–Crippen MR) is 231 cm³/mol. The van der Waals surface area contributed by atoms with Gasteiger partial charge in [0.2, 0.25) is 18.9 Å². The highest BCUT2D eigenvalue weighted by Crippen LogP contribution is 2.42. The number of carbonyl (C=O) groups excluding carboxylic acids is 2. The van der Waals surface area contributed by atoms with Gasteiger partial charge < -0.3 is 114 Å². The molecule has 4 heterocycles. The Balaban J connectivity index is 1.19. The van der Waals surface area contributed by atoms with Crippen molar-refractivity contribution in [3.63, 3.8) is 0 Å². The number of rotatable bonds is 16. The molecule has 3 saturated heterocycles. The minimum atomic E-state index is -2.08. The number of hydrogen-bond acceptors (Lipinski definition) is 26. The second-order valence-electron chi connectivity index (χ2n) is 16.5. The summed E-state index contributed by atoms with van der Waals surface area (Å²) >= 11 is 0. The molecule has 5 aliphatic rings. The first-order valence-corrected chi connectivity index (χ1v) is 21.5. The SMILES string of the molecule is O=C(O)CC(=O)OC[C@H]1O[C@@H](Oc2cc3c(=O)cc(O[C@@H]4O[C@H](COC(=O)C=Cc5ccc(O)c(O)c5)[C@@H](O)[C@H](O)[C@H]4O)cc-3oc2-c2ccc(O)c(O[C@@H]3O[C@H](CO)[C@@H](O)[C@H](O)[C@H]3O)c2)[C@H](O)[C@@H](O)[C@@H]1O. The quantitative estimate of drug-likeness (QED) is 0.0223. The van der Waals surface area contributed by atoms with Crippen molar-refractivity contribution in [2.24, 2.45) is 0 Å². The van der Waals surface area contributed by atoms with Crippen LogP contribution in [0.5, 0.6) is 34.5 Å². The van der Waals surface area contributed by atoms with Gasteiger partial charge in [-0.3, -0.25) is 14.4 Å². The molecule has 4 aliphatic heterocycles. The van der Waals surface area contributed by atoms with Crippen molar-refractivity contribution in [2.45, 2.75) is 98.5 Å². The number of esters is 2. The van der Waals surface area contributed by atoms with Crippen LogP contribution in [0.3, 0.4) is 0 Å². The summed E-state index contributed by atoms with van der Waals surface area (Å²) in [6.07, 6.45) is -26.6. The number of ether oxygens (including phenoxy) is 8. The molecular weight excluding hydrogens is 972 g/mol. The zero-order valence-corrected chi connectivity index (χ0v) is 36.9. The van der Waals surface area contributed by atoms with E-state index in [1.165, 1.54) is 24.3 Å². The average molecular weight is 1020 g/mol. The summed E-state index contributed by atoms with van der Waals surface area (Å²) in [4.78, 5) is 49.2. The summed E-state index contributed by atoms with van der Waals surface area (Å²) < 4.78 is 50.2. The highest BCUT2D eigenvalue weighted by atomic mass is 16.7. The van der Waals surface area contributed by atoms with Crippen LogP contribution in [0.4, 0.5) is 0 Å². The smallest absolute Gasteiger partial charge is 0.330 e. The lowest BCUT2D eigenvalue weighted by Crippen LogP contribution is -2.60. The summed E-state index contributed by atoms with van der Waals surface area (Å²) in [5, 5.41) is 144. The Hall–Kier alpha value is -6.70. The van der Waals surface area contributed by atoms with Gasteiger partial charge in [0, 0.05) is 23.8 Å². The maximum absolute atomic E-state index is 13.8. The Bertz CT molecular complexity index is 2630. The summed E-state index contributed by atoms with van der Waals surface area (Å²) in [6.45, 7) is -2.38. The van der Waals surface area contributed by atoms with E-state index in [1.54, 1.807) is 0 Å². The Kier molecular flexibility index (Phi) is 16.5. The van der Waals surface area contributed by atoms with Gasteiger partial charge in [0.15, 0.2) is 39.9 Å². The van der Waals surface area contributed by atoms with Gasteiger partial charge in [0.25, 0.3) is 0 Å². The number of fused-ring (bicyclic) bond motifs is 1. The fourth-order valence-corrected chi connectivity index (χ4v) is 7.49. The molecule has 2 aromatic rings. The van der Waals surface area contributed by atoms with Crippen LogP contribution in [0.2, 0.25) is 0 Å². The number of carboxylic acids is 1. The molecule has 27 nitrogen and oxygen atoms in total. The van der Waals surface area contributed by atoms with E-state index in [0.29, 0.717) is 5.56 Å². The molecule has 15 atom stereocenters. The van der Waals surface area contributed by atoms with Crippen molar-refractivity contribution in [1.82, 2.24) is 0 Å². The van der Waals surface area contributed by atoms with Crippen molar-refractivity contribution in [3.05, 3.63) is 76.5 Å². The number of hydrogen-bond donors (Lipinski definition) is 14. The molecule has 7 rings (SSSR count). The Morgan fingerprint density at radius 2 is 1.14 bits per heavy atom. The molecule has 0 bridgehead atoms.